The minimum absolute atomic E-state index is 0.0190. The summed E-state index contributed by atoms with van der Waals surface area (Å²) < 4.78 is 7.73. The van der Waals surface area contributed by atoms with E-state index in [4.69, 9.17) is 4.74 Å². The van der Waals surface area contributed by atoms with Crippen LogP contribution in [-0.4, -0.2) is 34.4 Å². The highest BCUT2D eigenvalue weighted by atomic mass is 16.5. The first-order valence-corrected chi connectivity index (χ1v) is 9.92. The van der Waals surface area contributed by atoms with E-state index < -0.39 is 0 Å². The van der Waals surface area contributed by atoms with E-state index in [-0.39, 0.29) is 11.8 Å². The van der Waals surface area contributed by atoms with Crippen LogP contribution in [-0.2, 0) is 22.4 Å². The lowest BCUT2D eigenvalue weighted by Crippen LogP contribution is -2.25. The van der Waals surface area contributed by atoms with Gasteiger partial charge in [0.15, 0.2) is 0 Å². The zero-order valence-corrected chi connectivity index (χ0v) is 16.2. The Morgan fingerprint density at radius 2 is 2.17 bits per heavy atom. The molecule has 0 fully saturated rings. The molecule has 0 bridgehead atoms. The highest BCUT2D eigenvalue weighted by molar-refractivity contribution is 5.94. The standard InChI is InChI=1S/C22H24N4O3/c27-21(23-11-10-17-15-26-12-2-1-4-20(26)24-17)5-3-13-29-18-7-8-19-16(14-18)6-9-22(28)25-19/h1-2,4,7-8,12,14-15H,3,5-6,9-11,13H2,(H,23,27)(H,25,28). The molecule has 2 aromatic heterocycles. The molecule has 0 atom stereocenters. The number of imidazole rings is 1. The molecule has 0 spiro atoms. The number of carbonyl (C=O) groups excluding carboxylic acids is 2. The minimum atomic E-state index is 0.0190. The van der Waals surface area contributed by atoms with Crippen LogP contribution in [0.5, 0.6) is 5.75 Å². The molecule has 2 N–H and O–H groups in total. The summed E-state index contributed by atoms with van der Waals surface area (Å²) in [5.41, 5.74) is 3.82. The molecular weight excluding hydrogens is 368 g/mol. The first kappa shape index (κ1) is 19.0. The summed E-state index contributed by atoms with van der Waals surface area (Å²) in [6.45, 7) is 1.05. The number of ether oxygens (including phenoxy) is 1. The molecule has 1 aliphatic heterocycles. The number of fused-ring (bicyclic) bond motifs is 2. The molecule has 3 aromatic rings. The van der Waals surface area contributed by atoms with Crippen LogP contribution >= 0.6 is 0 Å². The lowest BCUT2D eigenvalue weighted by molar-refractivity contribution is -0.121. The molecule has 29 heavy (non-hydrogen) atoms. The van der Waals surface area contributed by atoms with Crippen molar-refractivity contribution in [2.45, 2.75) is 32.1 Å². The summed E-state index contributed by atoms with van der Waals surface area (Å²) in [6, 6.07) is 11.6. The molecule has 0 radical (unpaired) electrons. The number of nitrogens with zero attached hydrogens (tertiary/aromatic N) is 2. The van der Waals surface area contributed by atoms with Gasteiger partial charge in [-0.05, 0) is 48.7 Å². The van der Waals surface area contributed by atoms with Crippen molar-refractivity contribution in [1.29, 1.82) is 0 Å². The third kappa shape index (κ3) is 4.93. The van der Waals surface area contributed by atoms with Crippen molar-refractivity contribution in [3.05, 3.63) is 60.0 Å². The van der Waals surface area contributed by atoms with Crippen LogP contribution in [0, 0.1) is 0 Å². The smallest absolute Gasteiger partial charge is 0.224 e. The summed E-state index contributed by atoms with van der Waals surface area (Å²) >= 11 is 0. The van der Waals surface area contributed by atoms with Gasteiger partial charge in [-0.2, -0.15) is 0 Å². The van der Waals surface area contributed by atoms with Gasteiger partial charge in [-0.15, -0.1) is 0 Å². The number of anilines is 1. The van der Waals surface area contributed by atoms with Gasteiger partial charge in [0.05, 0.1) is 12.3 Å². The molecule has 2 amide bonds. The number of hydrogen-bond donors (Lipinski definition) is 2. The predicted octanol–water partition coefficient (Wildman–Crippen LogP) is 2.74. The number of hydrogen-bond acceptors (Lipinski definition) is 4. The molecule has 1 aliphatic rings. The van der Waals surface area contributed by atoms with E-state index in [1.54, 1.807) is 0 Å². The summed E-state index contributed by atoms with van der Waals surface area (Å²) in [4.78, 5) is 27.9. The Labute approximate surface area is 169 Å². The molecule has 3 heterocycles. The predicted molar refractivity (Wildman–Crippen MR) is 110 cm³/mol. The second-order valence-electron chi connectivity index (χ2n) is 7.12. The van der Waals surface area contributed by atoms with Crippen molar-refractivity contribution in [3.8, 4) is 5.75 Å². The van der Waals surface area contributed by atoms with Crippen LogP contribution in [0.25, 0.3) is 5.65 Å². The molecule has 7 heteroatoms. The number of carbonyl (C=O) groups is 2. The van der Waals surface area contributed by atoms with Crippen LogP contribution in [0.4, 0.5) is 5.69 Å². The number of nitrogens with one attached hydrogen (secondary N) is 2. The molecule has 0 saturated carbocycles. The molecule has 0 aliphatic carbocycles. The monoisotopic (exact) mass is 392 g/mol. The summed E-state index contributed by atoms with van der Waals surface area (Å²) in [5, 5.41) is 5.79. The van der Waals surface area contributed by atoms with Crippen molar-refractivity contribution >= 4 is 23.1 Å². The van der Waals surface area contributed by atoms with Crippen LogP contribution in [0.1, 0.15) is 30.5 Å². The van der Waals surface area contributed by atoms with Gasteiger partial charge >= 0.3 is 0 Å². The van der Waals surface area contributed by atoms with Gasteiger partial charge in [0.2, 0.25) is 11.8 Å². The van der Waals surface area contributed by atoms with Gasteiger partial charge in [-0.1, -0.05) is 6.07 Å². The second kappa shape index (κ2) is 8.77. The van der Waals surface area contributed by atoms with Crippen molar-refractivity contribution in [1.82, 2.24) is 14.7 Å². The van der Waals surface area contributed by atoms with E-state index in [9.17, 15) is 9.59 Å². The molecule has 7 nitrogen and oxygen atoms in total. The van der Waals surface area contributed by atoms with E-state index in [1.807, 2.05) is 53.2 Å². The Morgan fingerprint density at radius 3 is 3.07 bits per heavy atom. The Bertz CT molecular complexity index is 995. The second-order valence-corrected chi connectivity index (χ2v) is 7.12. The fourth-order valence-electron chi connectivity index (χ4n) is 3.40. The van der Waals surface area contributed by atoms with E-state index >= 15 is 0 Å². The third-order valence-corrected chi connectivity index (χ3v) is 4.91. The normalized spacial score (nSPS) is 13.0. The maximum atomic E-state index is 12.0. The summed E-state index contributed by atoms with van der Waals surface area (Å²) in [7, 11) is 0. The fraction of sp³-hybridized carbons (Fsp3) is 0.318. The van der Waals surface area contributed by atoms with Gasteiger partial charge in [-0.25, -0.2) is 4.98 Å². The average Bonchev–Trinajstić information content (AvgIpc) is 3.14. The van der Waals surface area contributed by atoms with Crippen molar-refractivity contribution in [2.75, 3.05) is 18.5 Å². The summed E-state index contributed by atoms with van der Waals surface area (Å²) in [5.74, 6) is 0.844. The van der Waals surface area contributed by atoms with Crippen LogP contribution < -0.4 is 15.4 Å². The topological polar surface area (TPSA) is 84.7 Å². The van der Waals surface area contributed by atoms with Crippen LogP contribution in [0.3, 0.4) is 0 Å². The Kier molecular flexibility index (Phi) is 5.74. The highest BCUT2D eigenvalue weighted by Crippen LogP contribution is 2.26. The number of aryl methyl sites for hydroxylation is 1. The van der Waals surface area contributed by atoms with E-state index in [1.165, 1.54) is 0 Å². The number of aromatic nitrogens is 2. The number of pyridine rings is 1. The van der Waals surface area contributed by atoms with E-state index in [0.717, 1.165) is 34.8 Å². The first-order valence-electron chi connectivity index (χ1n) is 9.92. The average molecular weight is 392 g/mol. The first-order chi connectivity index (χ1) is 14.2. The van der Waals surface area contributed by atoms with Crippen LogP contribution in [0.2, 0.25) is 0 Å². The van der Waals surface area contributed by atoms with Gasteiger partial charge in [-0.3, -0.25) is 9.59 Å². The number of amides is 2. The molecule has 4 rings (SSSR count). The van der Waals surface area contributed by atoms with Crippen molar-refractivity contribution < 1.29 is 14.3 Å². The Hall–Kier alpha value is -3.35. The SMILES string of the molecule is O=C(CCCOc1ccc2c(c1)CCC(=O)N2)NCCc1cn2ccccc2n1. The Morgan fingerprint density at radius 1 is 1.24 bits per heavy atom. The lowest BCUT2D eigenvalue weighted by Gasteiger charge is -2.17. The van der Waals surface area contributed by atoms with Gasteiger partial charge < -0.3 is 19.8 Å². The minimum Gasteiger partial charge on any atom is -0.494 e. The Balaban J connectivity index is 1.14. The van der Waals surface area contributed by atoms with Gasteiger partial charge in [0, 0.05) is 43.9 Å². The number of benzene rings is 1. The summed E-state index contributed by atoms with van der Waals surface area (Å²) in [6.07, 6.45) is 6.96. The highest BCUT2D eigenvalue weighted by Gasteiger charge is 2.15. The maximum absolute atomic E-state index is 12.0. The molecule has 1 aromatic carbocycles. The van der Waals surface area contributed by atoms with Crippen molar-refractivity contribution in [2.24, 2.45) is 0 Å². The zero-order chi connectivity index (χ0) is 20.1. The molecule has 0 unspecified atom stereocenters. The van der Waals surface area contributed by atoms with Crippen molar-refractivity contribution in [3.63, 3.8) is 0 Å². The van der Waals surface area contributed by atoms with E-state index in [2.05, 4.69) is 15.6 Å². The molecular formula is C22H24N4O3. The largest absolute Gasteiger partial charge is 0.494 e. The van der Waals surface area contributed by atoms with Gasteiger partial charge in [0.25, 0.3) is 0 Å². The maximum Gasteiger partial charge on any atom is 0.224 e. The lowest BCUT2D eigenvalue weighted by atomic mass is 10.0. The number of rotatable bonds is 8. The molecule has 0 saturated heterocycles. The quantitative estimate of drug-likeness (QED) is 0.578. The van der Waals surface area contributed by atoms with Gasteiger partial charge in [0.1, 0.15) is 11.4 Å². The van der Waals surface area contributed by atoms with E-state index in [0.29, 0.717) is 38.8 Å². The zero-order valence-electron chi connectivity index (χ0n) is 16.2. The third-order valence-electron chi connectivity index (χ3n) is 4.91. The molecule has 150 valence electrons. The van der Waals surface area contributed by atoms with Crippen LogP contribution in [0.15, 0.2) is 48.8 Å². The fourth-order valence-corrected chi connectivity index (χ4v) is 3.40.